The number of halogens is 2. The third-order valence-corrected chi connectivity index (χ3v) is 14.9. The molecule has 3 aliphatic rings. The smallest absolute Gasteiger partial charge is 0.151 e. The molecule has 0 atom stereocenters. The van der Waals surface area contributed by atoms with Crippen LogP contribution in [0.15, 0.2) is 157 Å². The van der Waals surface area contributed by atoms with Gasteiger partial charge in [-0.05, 0) is 64.7 Å². The van der Waals surface area contributed by atoms with Crippen molar-refractivity contribution in [2.75, 3.05) is 74.9 Å². The highest BCUT2D eigenvalue weighted by atomic mass is 32.2. The minimum absolute atomic E-state index is 0.1000. The lowest BCUT2D eigenvalue weighted by Crippen LogP contribution is -2.38. The van der Waals surface area contributed by atoms with Crippen LogP contribution in [0.1, 0.15) is 44.5 Å². The van der Waals surface area contributed by atoms with Crippen molar-refractivity contribution in [1.82, 2.24) is 19.7 Å². The lowest BCUT2D eigenvalue weighted by atomic mass is 9.77. The van der Waals surface area contributed by atoms with Gasteiger partial charge in [-0.15, -0.1) is 0 Å². The summed E-state index contributed by atoms with van der Waals surface area (Å²) in [6.45, 7) is 5.95. The summed E-state index contributed by atoms with van der Waals surface area (Å²) >= 11 is 0. The van der Waals surface area contributed by atoms with E-state index in [2.05, 4.69) is 61.2 Å². The van der Waals surface area contributed by atoms with Crippen molar-refractivity contribution in [3.8, 4) is 11.3 Å². The fourth-order valence-electron chi connectivity index (χ4n) is 9.91. The van der Waals surface area contributed by atoms with Crippen molar-refractivity contribution in [2.45, 2.75) is 23.6 Å². The zero-order valence-corrected chi connectivity index (χ0v) is 42.0. The van der Waals surface area contributed by atoms with E-state index in [0.29, 0.717) is 62.7 Å². The van der Waals surface area contributed by atoms with E-state index in [-0.39, 0.29) is 16.9 Å². The van der Waals surface area contributed by atoms with E-state index < -0.39 is 42.6 Å². The molecule has 2 fully saturated rings. The molecule has 0 radical (unpaired) electrons. The van der Waals surface area contributed by atoms with Gasteiger partial charge >= 0.3 is 0 Å². The minimum Gasteiger partial charge on any atom is -0.378 e. The highest BCUT2D eigenvalue weighted by Gasteiger charge is 2.41. The van der Waals surface area contributed by atoms with Gasteiger partial charge in [0.05, 0.1) is 55.7 Å². The molecule has 2 saturated heterocycles. The Morgan fingerprint density at radius 1 is 0.575 bits per heavy atom. The first-order valence-electron chi connectivity index (χ1n) is 23.9. The predicted octanol–water partition coefficient (Wildman–Crippen LogP) is 8.41. The maximum absolute atomic E-state index is 16.0. The first-order chi connectivity index (χ1) is 35.2. The quantitative estimate of drug-likeness (QED) is 0.109. The van der Waals surface area contributed by atoms with Crippen LogP contribution in [0, 0.1) is 11.6 Å². The largest absolute Gasteiger partial charge is 0.378 e. The van der Waals surface area contributed by atoms with Crippen LogP contribution in [-0.4, -0.2) is 107 Å². The molecule has 17 heteroatoms. The minimum atomic E-state index is -3.51. The van der Waals surface area contributed by atoms with Gasteiger partial charge in [-0.2, -0.15) is 5.10 Å². The standard InChI is InChI=1S/C37H33FN4O3S.C19H20FN3O3S/c1-46(43,44)26-28-23-32-34(25-33(28)38)42(40-36(32)27-17-18-39-35(24-27)41-19-21-45-22-20-41)37(29-11-5-2-6-12-29,30-13-7-3-8-14-30)31-15-9-4-10-16-31;1-27(24,25)12-15-8-16-14(9-17(15)20)11-22-19(16)13-2-3-21-18(10-13)23-4-6-26-7-5-23/h2-18,23-25H,19-22,26H2,1H3;2-3,8-10H,4-7,11-12H2,1H3. The fraction of sp³-hybridized carbons (Fsp3) is 0.250. The van der Waals surface area contributed by atoms with Crippen LogP contribution >= 0.6 is 0 Å². The first kappa shape index (κ1) is 49.4. The van der Waals surface area contributed by atoms with Crippen molar-refractivity contribution >= 4 is 47.9 Å². The maximum Gasteiger partial charge on any atom is 0.151 e. The van der Waals surface area contributed by atoms with Gasteiger partial charge in [-0.25, -0.2) is 40.3 Å². The average Bonchev–Trinajstić information content (AvgIpc) is 3.98. The number of rotatable bonds is 12. The van der Waals surface area contributed by atoms with E-state index in [0.717, 1.165) is 81.9 Å². The van der Waals surface area contributed by atoms with Crippen molar-refractivity contribution < 1.29 is 35.1 Å². The van der Waals surface area contributed by atoms with Gasteiger partial charge in [-0.1, -0.05) is 91.0 Å². The molecule has 0 amide bonds. The van der Waals surface area contributed by atoms with Gasteiger partial charge < -0.3 is 19.3 Å². The molecule has 0 bridgehead atoms. The summed E-state index contributed by atoms with van der Waals surface area (Å²) in [5.74, 6) is -0.199. The number of aliphatic imine (C=N–C) groups is 1. The number of pyridine rings is 2. The highest BCUT2D eigenvalue weighted by Crippen LogP contribution is 2.45. The summed E-state index contributed by atoms with van der Waals surface area (Å²) in [6.07, 6.45) is 5.71. The second-order valence-corrected chi connectivity index (χ2v) is 22.7. The number of hydrogen-bond donors (Lipinski definition) is 0. The monoisotopic (exact) mass is 1020 g/mol. The highest BCUT2D eigenvalue weighted by molar-refractivity contribution is 7.90. The third kappa shape index (κ3) is 10.5. The fourth-order valence-corrected chi connectivity index (χ4v) is 11.5. The molecular weight excluding hydrogens is 969 g/mol. The van der Waals surface area contributed by atoms with E-state index in [4.69, 9.17) is 14.6 Å². The van der Waals surface area contributed by atoms with Crippen LogP contribution in [0.2, 0.25) is 0 Å². The number of fused-ring (bicyclic) bond motifs is 2. The number of hydrogen-bond acceptors (Lipinski definition) is 12. The van der Waals surface area contributed by atoms with E-state index in [9.17, 15) is 21.2 Å². The van der Waals surface area contributed by atoms with Crippen LogP contribution in [0.25, 0.3) is 22.2 Å². The Bertz CT molecular complexity index is 3460. The molecule has 3 aliphatic heterocycles. The molecule has 0 N–H and O–H groups in total. The number of ether oxygens (including phenoxy) is 2. The Morgan fingerprint density at radius 2 is 1.04 bits per heavy atom. The maximum atomic E-state index is 16.0. The summed E-state index contributed by atoms with van der Waals surface area (Å²) < 4.78 is 91.1. The van der Waals surface area contributed by atoms with Crippen molar-refractivity contribution in [3.63, 3.8) is 0 Å². The lowest BCUT2D eigenvalue weighted by Gasteiger charge is -2.37. The molecule has 5 aromatic carbocycles. The van der Waals surface area contributed by atoms with Gasteiger partial charge in [-0.3, -0.25) is 4.99 Å². The molecule has 0 unspecified atom stereocenters. The van der Waals surface area contributed by atoms with Crippen LogP contribution < -0.4 is 9.80 Å². The van der Waals surface area contributed by atoms with Gasteiger partial charge in [0.15, 0.2) is 19.7 Å². The van der Waals surface area contributed by atoms with Crippen LogP contribution in [0.5, 0.6) is 0 Å². The molecule has 374 valence electrons. The number of nitrogens with zero attached hydrogens (tertiary/aromatic N) is 7. The zero-order valence-electron chi connectivity index (χ0n) is 40.4. The van der Waals surface area contributed by atoms with Gasteiger partial charge in [0.2, 0.25) is 0 Å². The summed E-state index contributed by atoms with van der Waals surface area (Å²) in [5.41, 5.74) is 7.20. The van der Waals surface area contributed by atoms with Gasteiger partial charge in [0.1, 0.15) is 34.5 Å². The Labute approximate surface area is 423 Å². The number of benzene rings is 5. The van der Waals surface area contributed by atoms with Gasteiger partial charge in [0, 0.05) is 90.4 Å². The lowest BCUT2D eigenvalue weighted by molar-refractivity contribution is 0.122. The Kier molecular flexibility index (Phi) is 14.0. The van der Waals surface area contributed by atoms with E-state index in [1.54, 1.807) is 24.5 Å². The molecule has 8 aromatic rings. The molecule has 6 heterocycles. The number of sulfone groups is 2. The predicted molar refractivity (Wildman–Crippen MR) is 281 cm³/mol. The number of aromatic nitrogens is 4. The summed E-state index contributed by atoms with van der Waals surface area (Å²) in [4.78, 5) is 18.0. The van der Waals surface area contributed by atoms with E-state index in [1.165, 1.54) is 12.1 Å². The van der Waals surface area contributed by atoms with Crippen molar-refractivity contribution in [2.24, 2.45) is 4.99 Å². The summed E-state index contributed by atoms with van der Waals surface area (Å²) in [5, 5.41) is 6.00. The molecule has 3 aromatic heterocycles. The summed E-state index contributed by atoms with van der Waals surface area (Å²) in [6, 6.07) is 44.0. The van der Waals surface area contributed by atoms with Crippen LogP contribution in [0.3, 0.4) is 0 Å². The van der Waals surface area contributed by atoms with E-state index in [1.807, 2.05) is 83.5 Å². The van der Waals surface area contributed by atoms with Gasteiger partial charge in [0.25, 0.3) is 0 Å². The zero-order chi connectivity index (χ0) is 50.7. The molecule has 13 nitrogen and oxygen atoms in total. The van der Waals surface area contributed by atoms with E-state index >= 15 is 4.39 Å². The normalized spacial score (nSPS) is 15.2. The SMILES string of the molecule is CS(=O)(=O)Cc1cc2c(-c3ccnc(N4CCOCC4)c3)nn(C(c3ccccc3)(c3ccccc3)c3ccccc3)c2cc1F.CS(=O)(=O)Cc1cc2c(cc1F)CN=C2c1ccnc(N2CCOCC2)c1. The average molecular weight is 1020 g/mol. The molecule has 11 rings (SSSR count). The molecule has 0 aliphatic carbocycles. The second kappa shape index (κ2) is 20.7. The Hall–Kier alpha value is -7.18. The Morgan fingerprint density at radius 3 is 1.55 bits per heavy atom. The number of anilines is 2. The molecular formula is C56H53F2N7O6S2. The molecule has 0 saturated carbocycles. The van der Waals surface area contributed by atoms with Crippen LogP contribution in [0.4, 0.5) is 20.4 Å². The second-order valence-electron chi connectivity index (χ2n) is 18.4. The third-order valence-electron chi connectivity index (χ3n) is 13.2. The van der Waals surface area contributed by atoms with Crippen LogP contribution in [-0.2, 0) is 52.7 Å². The van der Waals surface area contributed by atoms with Crippen molar-refractivity contribution in [3.05, 3.63) is 208 Å². The van der Waals surface area contributed by atoms with Crippen molar-refractivity contribution in [1.29, 1.82) is 0 Å². The topological polar surface area (TPSA) is 149 Å². The Balaban J connectivity index is 0.000000192. The molecule has 73 heavy (non-hydrogen) atoms. The first-order valence-corrected chi connectivity index (χ1v) is 28.1. The number of morpholine rings is 2. The molecule has 0 spiro atoms. The summed E-state index contributed by atoms with van der Waals surface area (Å²) in [7, 11) is -6.84.